The fourth-order valence-electron chi connectivity index (χ4n) is 1.76. The Hall–Kier alpha value is -0.520. The van der Waals surface area contributed by atoms with Crippen molar-refractivity contribution in [1.82, 2.24) is 10.2 Å². The van der Waals surface area contributed by atoms with Crippen LogP contribution in [0.15, 0.2) is 0 Å². The third kappa shape index (κ3) is 2.51. The van der Waals surface area contributed by atoms with Crippen LogP contribution >= 0.6 is 0 Å². The third-order valence-electron chi connectivity index (χ3n) is 2.50. The van der Waals surface area contributed by atoms with Gasteiger partial charge in [-0.05, 0) is 19.5 Å². The van der Waals surface area contributed by atoms with Crippen LogP contribution in [0.4, 0.5) is 0 Å². The highest BCUT2D eigenvalue weighted by atomic mass is 15.2. The monoisotopic (exact) mass is 166 g/mol. The number of nitrogens with one attached hydrogen (secondary N) is 1. The van der Waals surface area contributed by atoms with E-state index < -0.39 is 0 Å². The molecule has 0 amide bonds. The van der Waals surface area contributed by atoms with Crippen LogP contribution in [0.1, 0.15) is 19.8 Å². The van der Waals surface area contributed by atoms with Crippen molar-refractivity contribution in [2.45, 2.75) is 25.8 Å². The number of terminal acetylenes is 1. The van der Waals surface area contributed by atoms with Crippen molar-refractivity contribution < 1.29 is 0 Å². The molecule has 0 aromatic heterocycles. The first kappa shape index (κ1) is 9.57. The Morgan fingerprint density at radius 2 is 2.50 bits per heavy atom. The summed E-state index contributed by atoms with van der Waals surface area (Å²) in [6, 6.07) is 0.725. The fraction of sp³-hybridized carbons (Fsp3) is 0.800. The van der Waals surface area contributed by atoms with Gasteiger partial charge in [0.1, 0.15) is 0 Å². The number of likely N-dealkylation sites (N-methyl/N-ethyl adjacent to an activating group) is 1. The average molecular weight is 166 g/mol. The summed E-state index contributed by atoms with van der Waals surface area (Å²) in [5.74, 6) is 2.69. The molecule has 1 heterocycles. The Kier molecular flexibility index (Phi) is 4.13. The van der Waals surface area contributed by atoms with Crippen molar-refractivity contribution in [2.75, 3.05) is 26.2 Å². The molecule has 1 aliphatic rings. The van der Waals surface area contributed by atoms with Gasteiger partial charge < -0.3 is 5.32 Å². The van der Waals surface area contributed by atoms with E-state index in [4.69, 9.17) is 6.42 Å². The lowest BCUT2D eigenvalue weighted by Crippen LogP contribution is -2.37. The molecule has 0 radical (unpaired) electrons. The van der Waals surface area contributed by atoms with E-state index in [2.05, 4.69) is 23.1 Å². The Morgan fingerprint density at radius 3 is 3.00 bits per heavy atom. The lowest BCUT2D eigenvalue weighted by molar-refractivity contribution is 0.224. The third-order valence-corrected chi connectivity index (χ3v) is 2.50. The molecule has 1 aliphatic heterocycles. The quantitative estimate of drug-likeness (QED) is 0.618. The van der Waals surface area contributed by atoms with Crippen molar-refractivity contribution in [2.24, 2.45) is 0 Å². The van der Waals surface area contributed by atoms with Crippen molar-refractivity contribution >= 4 is 0 Å². The summed E-state index contributed by atoms with van der Waals surface area (Å²) in [4.78, 5) is 2.47. The molecule has 1 rings (SSSR count). The molecule has 1 fully saturated rings. The van der Waals surface area contributed by atoms with Crippen molar-refractivity contribution in [3.63, 3.8) is 0 Å². The minimum absolute atomic E-state index is 0.725. The van der Waals surface area contributed by atoms with Gasteiger partial charge in [-0.1, -0.05) is 6.92 Å². The zero-order valence-corrected chi connectivity index (χ0v) is 7.84. The standard InChI is InChI=1S/C10H18N2/c1-3-5-8-12(4-2)10-6-7-11-9-10/h1,10-11H,4-9H2,2H3. The number of rotatable bonds is 4. The van der Waals surface area contributed by atoms with E-state index in [9.17, 15) is 0 Å². The van der Waals surface area contributed by atoms with Crippen LogP contribution in [0.3, 0.4) is 0 Å². The highest BCUT2D eigenvalue weighted by Crippen LogP contribution is 2.07. The van der Waals surface area contributed by atoms with E-state index in [1.165, 1.54) is 6.42 Å². The van der Waals surface area contributed by atoms with E-state index in [1.54, 1.807) is 0 Å². The molecule has 0 aromatic rings. The zero-order valence-electron chi connectivity index (χ0n) is 7.84. The first-order valence-electron chi connectivity index (χ1n) is 4.76. The van der Waals surface area contributed by atoms with Gasteiger partial charge >= 0.3 is 0 Å². The van der Waals surface area contributed by atoms with E-state index in [-0.39, 0.29) is 0 Å². The second-order valence-electron chi connectivity index (χ2n) is 3.23. The number of nitrogens with zero attached hydrogens (tertiary/aromatic N) is 1. The van der Waals surface area contributed by atoms with Crippen LogP contribution in [0.2, 0.25) is 0 Å². The lowest BCUT2D eigenvalue weighted by atomic mass is 10.2. The first-order chi connectivity index (χ1) is 5.88. The predicted molar refractivity (Wildman–Crippen MR) is 52.0 cm³/mol. The van der Waals surface area contributed by atoms with Crippen molar-refractivity contribution in [3.05, 3.63) is 0 Å². The minimum Gasteiger partial charge on any atom is -0.315 e. The summed E-state index contributed by atoms with van der Waals surface area (Å²) in [6.45, 7) is 6.68. The molecule has 1 unspecified atom stereocenters. The predicted octanol–water partition coefficient (Wildman–Crippen LogP) is 0.694. The van der Waals surface area contributed by atoms with E-state index in [0.717, 1.165) is 38.6 Å². The fourth-order valence-corrected chi connectivity index (χ4v) is 1.76. The molecule has 0 aliphatic carbocycles. The summed E-state index contributed by atoms with van der Waals surface area (Å²) < 4.78 is 0. The smallest absolute Gasteiger partial charge is 0.0232 e. The topological polar surface area (TPSA) is 15.3 Å². The van der Waals surface area contributed by atoms with Gasteiger partial charge in [0.2, 0.25) is 0 Å². The van der Waals surface area contributed by atoms with Gasteiger partial charge in [0.05, 0.1) is 0 Å². The maximum Gasteiger partial charge on any atom is 0.0232 e. The molecular weight excluding hydrogens is 148 g/mol. The molecule has 1 saturated heterocycles. The largest absolute Gasteiger partial charge is 0.315 e. The van der Waals surface area contributed by atoms with Gasteiger partial charge in [-0.2, -0.15) is 0 Å². The minimum atomic E-state index is 0.725. The molecule has 0 spiro atoms. The molecule has 2 nitrogen and oxygen atoms in total. The second-order valence-corrected chi connectivity index (χ2v) is 3.23. The lowest BCUT2D eigenvalue weighted by Gasteiger charge is -2.25. The Labute approximate surface area is 75.3 Å². The Morgan fingerprint density at radius 1 is 1.67 bits per heavy atom. The van der Waals surface area contributed by atoms with Crippen LogP contribution in [0.5, 0.6) is 0 Å². The summed E-state index contributed by atoms with van der Waals surface area (Å²) >= 11 is 0. The van der Waals surface area contributed by atoms with Gasteiger partial charge in [0.25, 0.3) is 0 Å². The highest BCUT2D eigenvalue weighted by Gasteiger charge is 2.19. The summed E-state index contributed by atoms with van der Waals surface area (Å²) in [6.07, 6.45) is 7.39. The SMILES string of the molecule is C#CCCN(CC)C1CCNC1. The number of hydrogen-bond acceptors (Lipinski definition) is 2. The highest BCUT2D eigenvalue weighted by molar-refractivity contribution is 4.87. The summed E-state index contributed by atoms with van der Waals surface area (Å²) in [5, 5.41) is 3.37. The Bertz CT molecular complexity index is 154. The van der Waals surface area contributed by atoms with Crippen LogP contribution < -0.4 is 5.32 Å². The van der Waals surface area contributed by atoms with E-state index >= 15 is 0 Å². The van der Waals surface area contributed by atoms with Crippen LogP contribution in [-0.4, -0.2) is 37.1 Å². The molecular formula is C10H18N2. The van der Waals surface area contributed by atoms with Crippen LogP contribution in [0.25, 0.3) is 0 Å². The van der Waals surface area contributed by atoms with Gasteiger partial charge in [-0.15, -0.1) is 12.3 Å². The molecule has 1 N–H and O–H groups in total. The van der Waals surface area contributed by atoms with E-state index in [1.807, 2.05) is 0 Å². The second kappa shape index (κ2) is 5.18. The summed E-state index contributed by atoms with van der Waals surface area (Å²) in [5.41, 5.74) is 0. The maximum absolute atomic E-state index is 5.24. The molecule has 68 valence electrons. The normalized spacial score (nSPS) is 22.9. The van der Waals surface area contributed by atoms with Gasteiger partial charge in [-0.3, -0.25) is 4.90 Å². The van der Waals surface area contributed by atoms with Crippen molar-refractivity contribution in [1.29, 1.82) is 0 Å². The molecule has 12 heavy (non-hydrogen) atoms. The summed E-state index contributed by atoms with van der Waals surface area (Å²) in [7, 11) is 0. The van der Waals surface area contributed by atoms with Crippen LogP contribution in [-0.2, 0) is 0 Å². The number of hydrogen-bond donors (Lipinski definition) is 1. The van der Waals surface area contributed by atoms with E-state index in [0.29, 0.717) is 0 Å². The molecule has 0 aromatic carbocycles. The average Bonchev–Trinajstić information content (AvgIpc) is 2.59. The van der Waals surface area contributed by atoms with Crippen LogP contribution in [0, 0.1) is 12.3 Å². The molecule has 0 saturated carbocycles. The molecule has 2 heteroatoms. The van der Waals surface area contributed by atoms with Gasteiger partial charge in [0, 0.05) is 25.6 Å². The molecule has 0 bridgehead atoms. The van der Waals surface area contributed by atoms with Gasteiger partial charge in [0.15, 0.2) is 0 Å². The van der Waals surface area contributed by atoms with Gasteiger partial charge in [-0.25, -0.2) is 0 Å². The maximum atomic E-state index is 5.24. The zero-order chi connectivity index (χ0) is 8.81. The molecule has 1 atom stereocenters. The first-order valence-corrected chi connectivity index (χ1v) is 4.76. The van der Waals surface area contributed by atoms with Crippen molar-refractivity contribution in [3.8, 4) is 12.3 Å². The Balaban J connectivity index is 2.28.